The molecule has 0 radical (unpaired) electrons. The summed E-state index contributed by atoms with van der Waals surface area (Å²) >= 11 is 0. The third kappa shape index (κ3) is 7.00. The van der Waals surface area contributed by atoms with E-state index in [2.05, 4.69) is 19.2 Å². The highest BCUT2D eigenvalue weighted by atomic mass is 16.6. The molecule has 40 heavy (non-hydrogen) atoms. The van der Waals surface area contributed by atoms with Crippen LogP contribution in [-0.2, 0) is 4.74 Å². The topological polar surface area (TPSA) is 99.2 Å². The van der Waals surface area contributed by atoms with Crippen molar-refractivity contribution in [2.24, 2.45) is 0 Å². The van der Waals surface area contributed by atoms with Gasteiger partial charge in [-0.3, -0.25) is 9.59 Å². The van der Waals surface area contributed by atoms with Crippen molar-refractivity contribution in [3.8, 4) is 16.9 Å². The van der Waals surface area contributed by atoms with Gasteiger partial charge in [-0.25, -0.2) is 4.79 Å². The fraction of sp³-hybridized carbons (Fsp3) is 0.344. The Balaban J connectivity index is 1.43. The molecule has 1 aliphatic rings. The van der Waals surface area contributed by atoms with Gasteiger partial charge >= 0.3 is 6.09 Å². The van der Waals surface area contributed by atoms with Gasteiger partial charge in [-0.15, -0.1) is 0 Å². The Bertz CT molecular complexity index is 1380. The average Bonchev–Trinajstić information content (AvgIpc) is 2.91. The van der Waals surface area contributed by atoms with Crippen LogP contribution in [0.3, 0.4) is 0 Å². The van der Waals surface area contributed by atoms with Crippen LogP contribution in [0.5, 0.6) is 5.75 Å². The Hall–Kier alpha value is -4.33. The number of hydrogen-bond acceptors (Lipinski definition) is 5. The van der Waals surface area contributed by atoms with Crippen LogP contribution in [0.15, 0.2) is 66.7 Å². The second-order valence-corrected chi connectivity index (χ2v) is 11.3. The molecule has 1 aliphatic heterocycles. The number of ether oxygens (including phenoxy) is 1. The second-order valence-electron chi connectivity index (χ2n) is 11.3. The second kappa shape index (κ2) is 11.8. The molecule has 1 saturated heterocycles. The van der Waals surface area contributed by atoms with Crippen LogP contribution in [0, 0.1) is 0 Å². The normalized spacial score (nSPS) is 13.8. The van der Waals surface area contributed by atoms with Gasteiger partial charge < -0.3 is 25.0 Å². The van der Waals surface area contributed by atoms with Crippen molar-refractivity contribution in [2.75, 3.05) is 31.5 Å². The van der Waals surface area contributed by atoms with Gasteiger partial charge in [-0.05, 0) is 79.8 Å². The molecule has 0 bridgehead atoms. The Labute approximate surface area is 235 Å². The van der Waals surface area contributed by atoms with Crippen molar-refractivity contribution in [3.63, 3.8) is 0 Å². The number of carbonyl (C=O) groups is 3. The molecule has 0 saturated carbocycles. The monoisotopic (exact) mass is 543 g/mol. The summed E-state index contributed by atoms with van der Waals surface area (Å²) in [6.07, 6.45) is -0.368. The van der Waals surface area contributed by atoms with Crippen molar-refractivity contribution in [2.45, 2.75) is 46.1 Å². The zero-order valence-corrected chi connectivity index (χ0v) is 23.7. The summed E-state index contributed by atoms with van der Waals surface area (Å²) in [6.45, 7) is 11.3. The lowest BCUT2D eigenvalue weighted by Gasteiger charge is -2.35. The van der Waals surface area contributed by atoms with Gasteiger partial charge in [0.2, 0.25) is 0 Å². The number of amides is 3. The molecule has 4 rings (SSSR count). The highest BCUT2D eigenvalue weighted by molar-refractivity contribution is 6.05. The summed E-state index contributed by atoms with van der Waals surface area (Å²) in [6, 6.07) is 19.5. The third-order valence-electron chi connectivity index (χ3n) is 6.69. The molecule has 3 aromatic carbocycles. The summed E-state index contributed by atoms with van der Waals surface area (Å²) in [5.74, 6) is -0.216. The number of nitrogens with zero attached hydrogens (tertiary/aromatic N) is 2. The summed E-state index contributed by atoms with van der Waals surface area (Å²) in [4.78, 5) is 41.8. The number of piperazine rings is 1. The van der Waals surface area contributed by atoms with E-state index in [1.807, 2.05) is 45.0 Å². The molecule has 0 aromatic heterocycles. The van der Waals surface area contributed by atoms with E-state index >= 15 is 0 Å². The molecule has 210 valence electrons. The summed E-state index contributed by atoms with van der Waals surface area (Å²) in [7, 11) is 0. The largest absolute Gasteiger partial charge is 0.508 e. The highest BCUT2D eigenvalue weighted by Gasteiger charge is 2.28. The lowest BCUT2D eigenvalue weighted by atomic mass is 9.99. The van der Waals surface area contributed by atoms with Gasteiger partial charge in [0.05, 0.1) is 0 Å². The third-order valence-corrected chi connectivity index (χ3v) is 6.69. The minimum absolute atomic E-state index is 0.0252. The maximum Gasteiger partial charge on any atom is 0.410 e. The number of rotatable bonds is 5. The van der Waals surface area contributed by atoms with Crippen molar-refractivity contribution in [3.05, 3.63) is 83.4 Å². The minimum Gasteiger partial charge on any atom is -0.508 e. The van der Waals surface area contributed by atoms with Gasteiger partial charge in [-0.2, -0.15) is 0 Å². The van der Waals surface area contributed by atoms with Crippen molar-refractivity contribution in [1.29, 1.82) is 0 Å². The van der Waals surface area contributed by atoms with Crippen LogP contribution in [0.1, 0.15) is 66.8 Å². The number of aromatic hydroxyl groups is 1. The van der Waals surface area contributed by atoms with Crippen molar-refractivity contribution < 1.29 is 24.2 Å². The number of carbonyl (C=O) groups excluding carboxylic acids is 3. The highest BCUT2D eigenvalue weighted by Crippen LogP contribution is 2.28. The Morgan fingerprint density at radius 3 is 2.08 bits per heavy atom. The SMILES string of the molecule is CC(C)c1ccccc1NC(=O)c1cc(O)cc(-c2ccc(C(=O)N3CCN(C(=O)OC(C)(C)C)CC3)cc2)c1. The number of phenolic OH excluding ortho intramolecular Hbond substituents is 1. The molecule has 1 fully saturated rings. The zero-order valence-electron chi connectivity index (χ0n) is 23.7. The molecule has 2 N–H and O–H groups in total. The standard InChI is InChI=1S/C32H37N3O5/c1-21(2)27-8-6-7-9-28(27)33-29(37)25-18-24(19-26(36)20-25)22-10-12-23(13-11-22)30(38)34-14-16-35(17-15-34)31(39)40-32(3,4)5/h6-13,18-21,36H,14-17H2,1-5H3,(H,33,37). The van der Waals surface area contributed by atoms with Crippen molar-refractivity contribution in [1.82, 2.24) is 9.80 Å². The average molecular weight is 544 g/mol. The Kier molecular flexibility index (Phi) is 8.47. The number of nitrogens with one attached hydrogen (secondary N) is 1. The number of phenols is 1. The number of hydrogen-bond donors (Lipinski definition) is 2. The molecule has 1 heterocycles. The maximum atomic E-state index is 13.1. The predicted octanol–water partition coefficient (Wildman–Crippen LogP) is 6.13. The number of anilines is 1. The van der Waals surface area contributed by atoms with Gasteiger partial charge in [0.1, 0.15) is 11.4 Å². The van der Waals surface area contributed by atoms with Crippen LogP contribution in [-0.4, -0.2) is 64.6 Å². The van der Waals surface area contributed by atoms with Crippen LogP contribution in [0.25, 0.3) is 11.1 Å². The molecule has 0 aliphatic carbocycles. The van der Waals surface area contributed by atoms with E-state index in [9.17, 15) is 19.5 Å². The summed E-state index contributed by atoms with van der Waals surface area (Å²) in [5.41, 5.74) is 3.48. The molecule has 0 unspecified atom stereocenters. The lowest BCUT2D eigenvalue weighted by molar-refractivity contribution is 0.0141. The predicted molar refractivity (Wildman–Crippen MR) is 156 cm³/mol. The molecule has 8 nitrogen and oxygen atoms in total. The van der Waals surface area contributed by atoms with Crippen molar-refractivity contribution >= 4 is 23.6 Å². The zero-order chi connectivity index (χ0) is 29.0. The Morgan fingerprint density at radius 1 is 0.825 bits per heavy atom. The first-order valence-corrected chi connectivity index (χ1v) is 13.5. The van der Waals surface area contributed by atoms with Crippen LogP contribution < -0.4 is 5.32 Å². The van der Waals surface area contributed by atoms with Gasteiger partial charge in [0.15, 0.2) is 0 Å². The fourth-order valence-corrected chi connectivity index (χ4v) is 4.62. The molecule has 0 atom stereocenters. The van der Waals surface area contributed by atoms with Crippen LogP contribution >= 0.6 is 0 Å². The summed E-state index contributed by atoms with van der Waals surface area (Å²) in [5, 5.41) is 13.3. The molecule has 8 heteroatoms. The number of benzene rings is 3. The first-order valence-electron chi connectivity index (χ1n) is 13.5. The number of para-hydroxylation sites is 1. The van der Waals surface area contributed by atoms with Gasteiger partial charge in [0.25, 0.3) is 11.8 Å². The minimum atomic E-state index is -0.564. The molecule has 3 aromatic rings. The maximum absolute atomic E-state index is 13.1. The lowest BCUT2D eigenvalue weighted by Crippen LogP contribution is -2.51. The molecule has 3 amide bonds. The van der Waals surface area contributed by atoms with E-state index in [1.54, 1.807) is 46.2 Å². The van der Waals surface area contributed by atoms with E-state index in [4.69, 9.17) is 4.74 Å². The van der Waals surface area contributed by atoms with Crippen LogP contribution in [0.4, 0.5) is 10.5 Å². The van der Waals surface area contributed by atoms with E-state index in [-0.39, 0.29) is 29.6 Å². The summed E-state index contributed by atoms with van der Waals surface area (Å²) < 4.78 is 5.43. The van der Waals surface area contributed by atoms with E-state index in [0.29, 0.717) is 42.9 Å². The van der Waals surface area contributed by atoms with E-state index in [0.717, 1.165) is 16.8 Å². The van der Waals surface area contributed by atoms with Crippen LogP contribution in [0.2, 0.25) is 0 Å². The Morgan fingerprint density at radius 2 is 1.45 bits per heavy atom. The smallest absolute Gasteiger partial charge is 0.410 e. The molecular formula is C32H37N3O5. The molecule has 0 spiro atoms. The van der Waals surface area contributed by atoms with Gasteiger partial charge in [0, 0.05) is 43.0 Å². The first-order chi connectivity index (χ1) is 18.9. The fourth-order valence-electron chi connectivity index (χ4n) is 4.62. The molecular weight excluding hydrogens is 506 g/mol. The van der Waals surface area contributed by atoms with Gasteiger partial charge in [-0.1, -0.05) is 44.2 Å². The quantitative estimate of drug-likeness (QED) is 0.404. The van der Waals surface area contributed by atoms with E-state index in [1.165, 1.54) is 6.07 Å². The van der Waals surface area contributed by atoms with E-state index < -0.39 is 5.60 Å². The first kappa shape index (κ1) is 28.7.